The number of thiophene rings is 1. The number of hydrogen-bond acceptors (Lipinski definition) is 12. The molecule has 2 fully saturated rings. The van der Waals surface area contributed by atoms with E-state index in [2.05, 4.69) is 15.1 Å². The van der Waals surface area contributed by atoms with Crippen molar-refractivity contribution in [2.75, 3.05) is 49.2 Å². The van der Waals surface area contributed by atoms with Crippen molar-refractivity contribution in [3.05, 3.63) is 76.7 Å². The van der Waals surface area contributed by atoms with Crippen LogP contribution in [0.3, 0.4) is 0 Å². The standard InChI is InChI=1S/C39H34F6N10O2S/c1-53-16-19(15-50-53)12-25(21-4-2-8-49-34(21)47)55-10-11-56-32-28-31(51-37(52-36(28)55)57-18-38-7-3-9-54(38)17-20(40)13-38)30(42)27(29(32)39(43,44)45)22-5-6-24(41)33-26(22)23(14-46)35(48)58-33/h2,4-6,8,15-16,20,25H,3,7,9-13,17-18,48H2,1H3,(H2,47,49)/t20-,25-,38+/m1/s1. The van der Waals surface area contributed by atoms with E-state index in [-0.39, 0.29) is 77.4 Å². The van der Waals surface area contributed by atoms with E-state index < -0.39 is 68.9 Å². The molecule has 2 aromatic carbocycles. The average Bonchev–Trinajstić information content (AvgIpc) is 3.91. The fourth-order valence-electron chi connectivity index (χ4n) is 8.92. The Bertz CT molecular complexity index is 2660. The van der Waals surface area contributed by atoms with Crippen molar-refractivity contribution in [1.82, 2.24) is 29.6 Å². The van der Waals surface area contributed by atoms with Gasteiger partial charge in [-0.25, -0.2) is 18.2 Å². The summed E-state index contributed by atoms with van der Waals surface area (Å²) in [6.07, 6.45) is 0.419. The molecule has 0 unspecified atom stereocenters. The summed E-state index contributed by atoms with van der Waals surface area (Å²) >= 11 is 0.662. The molecular formula is C39H34F6N10O2S. The van der Waals surface area contributed by atoms with Crippen molar-refractivity contribution in [2.24, 2.45) is 7.05 Å². The second kappa shape index (κ2) is 13.9. The Morgan fingerprint density at radius 3 is 2.72 bits per heavy atom. The third kappa shape index (κ3) is 6.08. The molecule has 12 nitrogen and oxygen atoms in total. The predicted molar refractivity (Wildman–Crippen MR) is 204 cm³/mol. The van der Waals surface area contributed by atoms with E-state index in [9.17, 15) is 9.65 Å². The number of nitrogens with zero attached hydrogens (tertiary/aromatic N) is 8. The Labute approximate surface area is 330 Å². The number of halogens is 6. The van der Waals surface area contributed by atoms with E-state index in [4.69, 9.17) is 25.9 Å². The van der Waals surface area contributed by atoms with Gasteiger partial charge >= 0.3 is 12.2 Å². The molecule has 2 saturated heterocycles. The van der Waals surface area contributed by atoms with Crippen molar-refractivity contribution in [1.29, 1.82) is 5.26 Å². The number of pyridine rings is 1. The van der Waals surface area contributed by atoms with Gasteiger partial charge in [-0.05, 0) is 42.6 Å². The largest absolute Gasteiger partial charge is 0.490 e. The number of fused-ring (bicyclic) bond motifs is 2. The van der Waals surface area contributed by atoms with Gasteiger partial charge in [0.15, 0.2) is 5.82 Å². The molecule has 300 valence electrons. The first kappa shape index (κ1) is 37.7. The highest BCUT2D eigenvalue weighted by Crippen LogP contribution is 2.54. The Hall–Kier alpha value is -5.87. The molecule has 6 aromatic rings. The number of nitriles is 1. The van der Waals surface area contributed by atoms with Crippen molar-refractivity contribution in [3.8, 4) is 29.0 Å². The molecule has 7 heterocycles. The van der Waals surface area contributed by atoms with Crippen LogP contribution < -0.4 is 25.8 Å². The van der Waals surface area contributed by atoms with Gasteiger partial charge in [0.05, 0.1) is 40.0 Å². The molecule has 0 spiro atoms. The molecule has 3 aliphatic rings. The van der Waals surface area contributed by atoms with E-state index in [1.807, 2.05) is 11.0 Å². The molecule has 0 aliphatic carbocycles. The molecule has 4 N–H and O–H groups in total. The van der Waals surface area contributed by atoms with Crippen LogP contribution in [0.15, 0.2) is 42.9 Å². The Kier molecular flexibility index (Phi) is 9.04. The highest BCUT2D eigenvalue weighted by atomic mass is 32.1. The lowest BCUT2D eigenvalue weighted by atomic mass is 9.91. The lowest BCUT2D eigenvalue weighted by Crippen LogP contribution is -2.43. The van der Waals surface area contributed by atoms with Crippen molar-refractivity contribution < 1.29 is 35.8 Å². The number of ether oxygens (including phenoxy) is 2. The van der Waals surface area contributed by atoms with Gasteiger partial charge < -0.3 is 25.8 Å². The number of rotatable bonds is 8. The average molecular weight is 821 g/mol. The van der Waals surface area contributed by atoms with Gasteiger partial charge in [-0.2, -0.15) is 33.5 Å². The second-order valence-electron chi connectivity index (χ2n) is 14.8. The van der Waals surface area contributed by atoms with Crippen LogP contribution in [0.1, 0.15) is 47.6 Å². The van der Waals surface area contributed by atoms with E-state index >= 15 is 22.0 Å². The zero-order valence-electron chi connectivity index (χ0n) is 30.8. The fourth-order valence-corrected chi connectivity index (χ4v) is 9.86. The minimum atomic E-state index is -5.27. The molecule has 58 heavy (non-hydrogen) atoms. The SMILES string of the molecule is Cn1cc(C[C@H](c2cccnc2N)N2CCOc3c(C(F)(F)F)c(-c4ccc(F)c5sc(N)c(C#N)c45)c(F)c4nc(OC[C@@]56CCCN5C[C@H](F)C6)nc2c34)cn1. The predicted octanol–water partition coefficient (Wildman–Crippen LogP) is 7.11. The number of hydrogen-bond donors (Lipinski definition) is 2. The Morgan fingerprint density at radius 1 is 1.16 bits per heavy atom. The van der Waals surface area contributed by atoms with Crippen molar-refractivity contribution in [2.45, 2.75) is 49.6 Å². The van der Waals surface area contributed by atoms with Crippen molar-refractivity contribution >= 4 is 49.0 Å². The van der Waals surface area contributed by atoms with Gasteiger partial charge in [0, 0.05) is 55.3 Å². The van der Waals surface area contributed by atoms with Crippen LogP contribution in [-0.2, 0) is 19.6 Å². The molecular weight excluding hydrogens is 787 g/mol. The maximum absolute atomic E-state index is 17.7. The smallest absolute Gasteiger partial charge is 0.420 e. The number of benzene rings is 2. The minimum Gasteiger partial charge on any atom is -0.490 e. The maximum atomic E-state index is 17.7. The van der Waals surface area contributed by atoms with E-state index in [0.29, 0.717) is 29.9 Å². The van der Waals surface area contributed by atoms with Crippen LogP contribution in [0.25, 0.3) is 32.1 Å². The fraction of sp³-hybridized carbons (Fsp3) is 0.359. The Morgan fingerprint density at radius 2 is 1.98 bits per heavy atom. The minimum absolute atomic E-state index is 0.0657. The molecule has 19 heteroatoms. The van der Waals surface area contributed by atoms with Crippen molar-refractivity contribution in [3.63, 3.8) is 0 Å². The third-order valence-electron chi connectivity index (χ3n) is 11.4. The van der Waals surface area contributed by atoms with E-state index in [1.54, 1.807) is 41.2 Å². The quantitative estimate of drug-likeness (QED) is 0.151. The monoisotopic (exact) mass is 820 g/mol. The van der Waals surface area contributed by atoms with Gasteiger partial charge in [0.25, 0.3) is 0 Å². The molecule has 3 atom stereocenters. The summed E-state index contributed by atoms with van der Waals surface area (Å²) in [6, 6.07) is 6.00. The first-order valence-electron chi connectivity index (χ1n) is 18.4. The van der Waals surface area contributed by atoms with E-state index in [1.165, 1.54) is 6.20 Å². The van der Waals surface area contributed by atoms with Crippen LogP contribution >= 0.6 is 11.3 Å². The van der Waals surface area contributed by atoms with Gasteiger partial charge in [0.2, 0.25) is 0 Å². The first-order chi connectivity index (χ1) is 27.8. The van der Waals surface area contributed by atoms with Crippen LogP contribution in [0, 0.1) is 23.0 Å². The lowest BCUT2D eigenvalue weighted by molar-refractivity contribution is -0.138. The summed E-state index contributed by atoms with van der Waals surface area (Å²) in [6.45, 7) is 0.404. The van der Waals surface area contributed by atoms with Crippen LogP contribution in [0.2, 0.25) is 0 Å². The number of anilines is 3. The number of nitrogens with two attached hydrogens (primary N) is 2. The topological polar surface area (TPSA) is 157 Å². The molecule has 0 amide bonds. The van der Waals surface area contributed by atoms with Crippen LogP contribution in [0.5, 0.6) is 11.8 Å². The number of aryl methyl sites for hydroxylation is 1. The molecule has 3 aliphatic heterocycles. The van der Waals surface area contributed by atoms with Gasteiger partial charge in [-0.15, -0.1) is 11.3 Å². The summed E-state index contributed by atoms with van der Waals surface area (Å²) in [7, 11) is 1.74. The zero-order chi connectivity index (χ0) is 40.7. The number of nitrogen functional groups attached to an aromatic ring is 2. The summed E-state index contributed by atoms with van der Waals surface area (Å²) in [5, 5.41) is 13.5. The summed E-state index contributed by atoms with van der Waals surface area (Å²) in [4.78, 5) is 17.1. The zero-order valence-corrected chi connectivity index (χ0v) is 31.6. The highest BCUT2D eigenvalue weighted by Gasteiger charge is 2.50. The molecule has 0 bridgehead atoms. The number of aromatic nitrogens is 5. The Balaban J connectivity index is 1.33. The maximum Gasteiger partial charge on any atom is 0.420 e. The third-order valence-corrected chi connectivity index (χ3v) is 12.4. The van der Waals surface area contributed by atoms with E-state index in [0.717, 1.165) is 24.1 Å². The highest BCUT2D eigenvalue weighted by molar-refractivity contribution is 7.23. The first-order valence-corrected chi connectivity index (χ1v) is 19.2. The molecule has 0 radical (unpaired) electrons. The second-order valence-corrected chi connectivity index (χ2v) is 15.9. The van der Waals surface area contributed by atoms with Gasteiger partial charge in [-0.3, -0.25) is 9.58 Å². The molecule has 9 rings (SSSR count). The number of alkyl halides is 4. The van der Waals surface area contributed by atoms with Gasteiger partial charge in [-0.1, -0.05) is 12.1 Å². The summed E-state index contributed by atoms with van der Waals surface area (Å²) in [5.74, 6) is -3.06. The lowest BCUT2D eigenvalue weighted by Gasteiger charge is -2.33. The molecule has 4 aromatic heterocycles. The molecule has 0 saturated carbocycles. The van der Waals surface area contributed by atoms with Crippen LogP contribution in [-0.4, -0.2) is 74.2 Å². The van der Waals surface area contributed by atoms with Crippen LogP contribution in [0.4, 0.5) is 43.0 Å². The normalized spacial score (nSPS) is 20.0. The van der Waals surface area contributed by atoms with Gasteiger partial charge in [0.1, 0.15) is 64.7 Å². The summed E-state index contributed by atoms with van der Waals surface area (Å²) < 4.78 is 108. The summed E-state index contributed by atoms with van der Waals surface area (Å²) in [5.41, 5.74) is 9.22.